The molecule has 4 nitrogen and oxygen atoms in total. The van der Waals surface area contributed by atoms with Gasteiger partial charge in [-0.2, -0.15) is 0 Å². The number of unbranched alkanes of at least 4 members (excludes halogenated alkanes) is 3. The third-order valence-corrected chi connectivity index (χ3v) is 2.65. The predicted molar refractivity (Wildman–Crippen MR) is 60.3 cm³/mol. The molecule has 0 saturated heterocycles. The molecule has 106 valence electrons. The van der Waals surface area contributed by atoms with E-state index in [9.17, 15) is 0 Å². The van der Waals surface area contributed by atoms with Gasteiger partial charge in [0.15, 0.2) is 0 Å². The van der Waals surface area contributed by atoms with Crippen LogP contribution >= 0.6 is 0 Å². The summed E-state index contributed by atoms with van der Waals surface area (Å²) in [6.07, 6.45) is 8.26. The molecule has 0 aliphatic heterocycles. The molecule has 0 bridgehead atoms. The maximum absolute atomic E-state index is 8.41. The van der Waals surface area contributed by atoms with Gasteiger partial charge < -0.3 is 18.9 Å². The highest BCUT2D eigenvalue weighted by Gasteiger charge is 2.05. The van der Waals surface area contributed by atoms with E-state index in [1.165, 1.54) is 58.2 Å². The molecule has 0 spiro atoms. The molecule has 0 heterocycles. The SMILES string of the molecule is CCCC[NH+](CCCC)CCCC.[O-][Cl+2]([O-])[O-]. The van der Waals surface area contributed by atoms with Gasteiger partial charge in [-0.1, -0.05) is 40.0 Å². The highest BCUT2D eigenvalue weighted by molar-refractivity contribution is 4.37. The van der Waals surface area contributed by atoms with Crippen molar-refractivity contribution in [2.45, 2.75) is 59.3 Å². The second-order valence-corrected chi connectivity index (χ2v) is 4.63. The normalized spacial score (nSPS) is 10.6. The van der Waals surface area contributed by atoms with Crippen molar-refractivity contribution in [3.8, 4) is 0 Å². The molecule has 0 aromatic rings. The van der Waals surface area contributed by atoms with E-state index < -0.39 is 10.8 Å². The number of halogens is 1. The van der Waals surface area contributed by atoms with Gasteiger partial charge in [-0.15, -0.1) is 0 Å². The Morgan fingerprint density at radius 3 is 1.12 bits per heavy atom. The first-order valence-electron chi connectivity index (χ1n) is 6.64. The van der Waals surface area contributed by atoms with Crippen LogP contribution in [-0.2, 0) is 0 Å². The molecule has 0 aliphatic carbocycles. The average Bonchev–Trinajstić information content (AvgIpc) is 2.27. The van der Waals surface area contributed by atoms with E-state index in [2.05, 4.69) is 20.8 Å². The second-order valence-electron chi connectivity index (χ2n) is 4.25. The van der Waals surface area contributed by atoms with Gasteiger partial charge in [-0.25, -0.2) is 0 Å². The Kier molecular flexibility index (Phi) is 18.5. The summed E-state index contributed by atoms with van der Waals surface area (Å²) >= 11 is 0. The van der Waals surface area contributed by atoms with Crippen molar-refractivity contribution in [3.63, 3.8) is 0 Å². The number of quaternary nitrogens is 1. The highest BCUT2D eigenvalue weighted by Crippen LogP contribution is 1.85. The van der Waals surface area contributed by atoms with Crippen LogP contribution in [0, 0.1) is 10.8 Å². The van der Waals surface area contributed by atoms with Gasteiger partial charge in [-0.05, 0) is 19.3 Å². The van der Waals surface area contributed by atoms with E-state index >= 15 is 0 Å². The monoisotopic (exact) mass is 269 g/mol. The Morgan fingerprint density at radius 1 is 0.706 bits per heavy atom. The molecule has 0 amide bonds. The van der Waals surface area contributed by atoms with Crippen LogP contribution in [0.4, 0.5) is 0 Å². The van der Waals surface area contributed by atoms with Crippen LogP contribution in [0.3, 0.4) is 0 Å². The Balaban J connectivity index is 0. The fourth-order valence-electron chi connectivity index (χ4n) is 1.66. The Labute approximate surface area is 109 Å². The minimum Gasteiger partial charge on any atom is -0.357 e. The van der Waals surface area contributed by atoms with Gasteiger partial charge >= 0.3 is 0 Å². The lowest BCUT2D eigenvalue weighted by Crippen LogP contribution is -3.12. The molecule has 0 fully saturated rings. The van der Waals surface area contributed by atoms with Crippen molar-refractivity contribution in [2.24, 2.45) is 0 Å². The maximum atomic E-state index is 8.41. The lowest BCUT2D eigenvalue weighted by molar-refractivity contribution is -1.73. The minimum absolute atomic E-state index is 1.35. The van der Waals surface area contributed by atoms with Crippen molar-refractivity contribution < 1.29 is 29.7 Å². The summed E-state index contributed by atoms with van der Waals surface area (Å²) in [5.74, 6) is 0. The zero-order chi connectivity index (χ0) is 13.5. The largest absolute Gasteiger partial charge is 0.357 e. The number of nitrogens with one attached hydrogen (secondary N) is 1. The van der Waals surface area contributed by atoms with Gasteiger partial charge in [0.25, 0.3) is 0 Å². The van der Waals surface area contributed by atoms with Crippen LogP contribution in [0.5, 0.6) is 0 Å². The smallest absolute Gasteiger partial charge is 0.0770 e. The number of hydrogen-bond donors (Lipinski definition) is 1. The summed E-state index contributed by atoms with van der Waals surface area (Å²) < 4.78 is 25.2. The Bertz CT molecular complexity index is 115. The molecule has 17 heavy (non-hydrogen) atoms. The molecular weight excluding hydrogens is 242 g/mol. The van der Waals surface area contributed by atoms with E-state index in [-0.39, 0.29) is 0 Å². The summed E-state index contributed by atoms with van der Waals surface area (Å²) in [6, 6.07) is 0. The van der Waals surface area contributed by atoms with Gasteiger partial charge in [0.1, 0.15) is 0 Å². The maximum Gasteiger partial charge on any atom is 0.0770 e. The van der Waals surface area contributed by atoms with E-state index in [4.69, 9.17) is 14.0 Å². The Morgan fingerprint density at radius 2 is 0.941 bits per heavy atom. The lowest BCUT2D eigenvalue weighted by atomic mass is 10.2. The van der Waals surface area contributed by atoms with Gasteiger partial charge in [-0.3, -0.25) is 0 Å². The summed E-state index contributed by atoms with van der Waals surface area (Å²) in [4.78, 5) is 1.84. The third-order valence-electron chi connectivity index (χ3n) is 2.65. The number of hydrogen-bond acceptors (Lipinski definition) is 3. The first-order chi connectivity index (χ1) is 8.08. The van der Waals surface area contributed by atoms with E-state index in [0.29, 0.717) is 0 Å². The first-order valence-corrected chi connectivity index (χ1v) is 7.57. The fraction of sp³-hybridized carbons (Fsp3) is 1.00. The molecule has 0 unspecified atom stereocenters. The van der Waals surface area contributed by atoms with Crippen LogP contribution in [0.25, 0.3) is 0 Å². The van der Waals surface area contributed by atoms with E-state index in [1.54, 1.807) is 0 Å². The molecule has 0 rings (SSSR count). The average molecular weight is 270 g/mol. The van der Waals surface area contributed by atoms with Crippen LogP contribution in [-0.4, -0.2) is 19.6 Å². The van der Waals surface area contributed by atoms with Crippen molar-refractivity contribution in [1.82, 2.24) is 0 Å². The molecule has 0 aliphatic rings. The summed E-state index contributed by atoms with van der Waals surface area (Å²) in [5, 5.41) is 0. The number of rotatable bonds is 9. The van der Waals surface area contributed by atoms with Crippen LogP contribution in [0.15, 0.2) is 0 Å². The second kappa shape index (κ2) is 16.1. The van der Waals surface area contributed by atoms with Gasteiger partial charge in [0.2, 0.25) is 0 Å². The molecule has 0 radical (unpaired) electrons. The molecule has 0 saturated carbocycles. The first kappa shape index (κ1) is 19.5. The minimum atomic E-state index is -2.85. The predicted octanol–water partition coefficient (Wildman–Crippen LogP) is -1.30. The third kappa shape index (κ3) is 21.9. The zero-order valence-corrected chi connectivity index (χ0v) is 12.2. The topological polar surface area (TPSA) is 73.6 Å². The molecule has 1 N–H and O–H groups in total. The fourth-order valence-corrected chi connectivity index (χ4v) is 1.66. The van der Waals surface area contributed by atoms with Gasteiger partial charge in [0.05, 0.1) is 30.4 Å². The summed E-state index contributed by atoms with van der Waals surface area (Å²) in [6.45, 7) is 11.1. The Hall–Kier alpha value is 0.130. The summed E-state index contributed by atoms with van der Waals surface area (Å²) in [7, 11) is -2.85. The quantitative estimate of drug-likeness (QED) is 0.566. The van der Waals surface area contributed by atoms with Crippen molar-refractivity contribution in [1.29, 1.82) is 0 Å². The molecular formula is C12H28ClNO3. The van der Waals surface area contributed by atoms with Crippen molar-refractivity contribution in [2.75, 3.05) is 19.6 Å². The highest BCUT2D eigenvalue weighted by atomic mass is 35.6. The van der Waals surface area contributed by atoms with Crippen molar-refractivity contribution >= 4 is 0 Å². The van der Waals surface area contributed by atoms with E-state index in [0.717, 1.165) is 0 Å². The van der Waals surface area contributed by atoms with Gasteiger partial charge in [0, 0.05) is 0 Å². The molecule has 5 heteroatoms. The molecule has 0 aromatic heterocycles. The lowest BCUT2D eigenvalue weighted by Gasteiger charge is -2.18. The van der Waals surface area contributed by atoms with Crippen LogP contribution < -0.4 is 18.9 Å². The summed E-state index contributed by atoms with van der Waals surface area (Å²) in [5.41, 5.74) is 0. The molecule has 0 aromatic carbocycles. The van der Waals surface area contributed by atoms with Crippen LogP contribution in [0.1, 0.15) is 59.3 Å². The van der Waals surface area contributed by atoms with E-state index in [1.807, 2.05) is 4.90 Å². The zero-order valence-electron chi connectivity index (χ0n) is 11.5. The van der Waals surface area contributed by atoms with Crippen molar-refractivity contribution in [3.05, 3.63) is 0 Å². The standard InChI is InChI=1S/C12H27N.ClO3/c1-4-7-10-13(11-8-5-2)12-9-6-3;2-1(3)4/h4-12H2,1-3H3;/q;-1/p+1. The van der Waals surface area contributed by atoms with Crippen LogP contribution in [0.2, 0.25) is 0 Å². The molecule has 0 atom stereocenters.